The predicted molar refractivity (Wildman–Crippen MR) is 91.0 cm³/mol. The summed E-state index contributed by atoms with van der Waals surface area (Å²) in [6.07, 6.45) is 0.913. The van der Waals surface area contributed by atoms with Crippen molar-refractivity contribution in [1.29, 1.82) is 0 Å². The van der Waals surface area contributed by atoms with Gasteiger partial charge in [-0.2, -0.15) is 0 Å². The highest BCUT2D eigenvalue weighted by Crippen LogP contribution is 2.21. The number of nitrogens with one attached hydrogen (secondary N) is 2. The van der Waals surface area contributed by atoms with Crippen LogP contribution in [-0.4, -0.2) is 46.4 Å². The molecule has 0 aliphatic heterocycles. The Morgan fingerprint density at radius 1 is 1.18 bits per heavy atom. The zero-order valence-corrected chi connectivity index (χ0v) is 14.4. The molecule has 0 radical (unpaired) electrons. The Morgan fingerprint density at radius 2 is 1.86 bits per heavy atom. The van der Waals surface area contributed by atoms with Crippen molar-refractivity contribution in [2.24, 2.45) is 0 Å². The highest BCUT2D eigenvalue weighted by atomic mass is 35.5. The first-order valence-electron chi connectivity index (χ1n) is 7.27. The summed E-state index contributed by atoms with van der Waals surface area (Å²) in [5.74, 6) is 1.28. The molecule has 6 heteroatoms. The number of carbonyl (C=O) groups is 1. The molecule has 0 spiro atoms. The van der Waals surface area contributed by atoms with E-state index in [1.165, 1.54) is 5.56 Å². The van der Waals surface area contributed by atoms with E-state index in [-0.39, 0.29) is 18.3 Å². The number of benzene rings is 1. The number of hydrogen-bond acceptors (Lipinski definition) is 4. The van der Waals surface area contributed by atoms with Gasteiger partial charge in [0.2, 0.25) is 5.91 Å². The molecular formula is C16H27ClN2O3. The quantitative estimate of drug-likeness (QED) is 0.644. The van der Waals surface area contributed by atoms with Gasteiger partial charge in [0.05, 0.1) is 20.3 Å². The van der Waals surface area contributed by atoms with Crippen molar-refractivity contribution in [3.63, 3.8) is 0 Å². The topological polar surface area (TPSA) is 59.6 Å². The lowest BCUT2D eigenvalue weighted by molar-refractivity contribution is -0.120. The van der Waals surface area contributed by atoms with Crippen LogP contribution in [-0.2, 0) is 9.53 Å². The molecule has 0 saturated carbocycles. The average Bonchev–Trinajstić information content (AvgIpc) is 2.51. The highest BCUT2D eigenvalue weighted by molar-refractivity contribution is 5.85. The smallest absolute Gasteiger partial charge is 0.233 e. The van der Waals surface area contributed by atoms with Gasteiger partial charge in [-0.25, -0.2) is 0 Å². The summed E-state index contributed by atoms with van der Waals surface area (Å²) in [4.78, 5) is 11.6. The maximum Gasteiger partial charge on any atom is 0.233 e. The van der Waals surface area contributed by atoms with Crippen LogP contribution in [0.25, 0.3) is 0 Å². The van der Waals surface area contributed by atoms with E-state index in [2.05, 4.69) is 29.7 Å². The van der Waals surface area contributed by atoms with Crippen molar-refractivity contribution >= 4 is 18.3 Å². The Morgan fingerprint density at radius 3 is 2.45 bits per heavy atom. The number of amides is 1. The standard InChI is InChI=1S/C16H26N2O3.ClH/c1-13(14-4-6-15(21-3)7-5-14)8-9-18-16(19)12-17-10-11-20-2;/h4-7,13,17H,8-12H2,1-3H3,(H,18,19);1H. The molecule has 0 heterocycles. The highest BCUT2D eigenvalue weighted by Gasteiger charge is 2.07. The van der Waals surface area contributed by atoms with Crippen LogP contribution in [0.5, 0.6) is 5.75 Å². The molecule has 0 aliphatic rings. The molecular weight excluding hydrogens is 304 g/mol. The van der Waals surface area contributed by atoms with Gasteiger partial charge in [0.25, 0.3) is 0 Å². The summed E-state index contributed by atoms with van der Waals surface area (Å²) < 4.78 is 10.0. The lowest BCUT2D eigenvalue weighted by Gasteiger charge is -2.13. The van der Waals surface area contributed by atoms with E-state index in [9.17, 15) is 4.79 Å². The Hall–Kier alpha value is -1.30. The largest absolute Gasteiger partial charge is 0.497 e. The van der Waals surface area contributed by atoms with Crippen LogP contribution in [0.3, 0.4) is 0 Å². The van der Waals surface area contributed by atoms with E-state index in [0.717, 1.165) is 12.2 Å². The van der Waals surface area contributed by atoms with Gasteiger partial charge in [-0.1, -0.05) is 19.1 Å². The number of hydrogen-bond donors (Lipinski definition) is 2. The number of carbonyl (C=O) groups excluding carboxylic acids is 1. The van der Waals surface area contributed by atoms with E-state index in [4.69, 9.17) is 9.47 Å². The molecule has 1 aromatic rings. The van der Waals surface area contributed by atoms with Crippen LogP contribution in [0.4, 0.5) is 0 Å². The molecule has 1 rings (SSSR count). The molecule has 22 heavy (non-hydrogen) atoms. The third-order valence-corrected chi connectivity index (χ3v) is 3.35. The van der Waals surface area contributed by atoms with Crippen molar-refractivity contribution in [3.8, 4) is 5.75 Å². The van der Waals surface area contributed by atoms with Crippen molar-refractivity contribution in [2.45, 2.75) is 19.3 Å². The summed E-state index contributed by atoms with van der Waals surface area (Å²) in [5, 5.41) is 5.93. The molecule has 1 aromatic carbocycles. The molecule has 0 aliphatic carbocycles. The number of ether oxygens (including phenoxy) is 2. The van der Waals surface area contributed by atoms with E-state index >= 15 is 0 Å². The molecule has 0 aromatic heterocycles. The maximum atomic E-state index is 11.6. The number of methoxy groups -OCH3 is 2. The van der Waals surface area contributed by atoms with Crippen LogP contribution in [0, 0.1) is 0 Å². The first kappa shape index (κ1) is 20.7. The predicted octanol–water partition coefficient (Wildman–Crippen LogP) is 1.96. The fourth-order valence-electron chi connectivity index (χ4n) is 1.97. The molecule has 0 bridgehead atoms. The number of halogens is 1. The minimum atomic E-state index is 0. The first-order valence-corrected chi connectivity index (χ1v) is 7.27. The van der Waals surface area contributed by atoms with Crippen LogP contribution in [0.15, 0.2) is 24.3 Å². The fraction of sp³-hybridized carbons (Fsp3) is 0.562. The summed E-state index contributed by atoms with van der Waals surface area (Å²) in [6.45, 7) is 4.47. The van der Waals surface area contributed by atoms with Crippen molar-refractivity contribution in [1.82, 2.24) is 10.6 Å². The van der Waals surface area contributed by atoms with Gasteiger partial charge in [-0.05, 0) is 30.0 Å². The SMILES string of the molecule is COCCNCC(=O)NCCC(C)c1ccc(OC)cc1.Cl. The zero-order valence-electron chi connectivity index (χ0n) is 13.6. The Kier molecular flexibility index (Phi) is 11.5. The van der Waals surface area contributed by atoms with E-state index in [0.29, 0.717) is 32.2 Å². The second-order valence-electron chi connectivity index (χ2n) is 4.98. The molecule has 1 amide bonds. The average molecular weight is 331 g/mol. The summed E-state index contributed by atoms with van der Waals surface area (Å²) >= 11 is 0. The third kappa shape index (κ3) is 8.22. The minimum Gasteiger partial charge on any atom is -0.497 e. The second kappa shape index (κ2) is 12.3. The maximum absolute atomic E-state index is 11.6. The van der Waals surface area contributed by atoms with Gasteiger partial charge in [0.1, 0.15) is 5.75 Å². The van der Waals surface area contributed by atoms with Crippen molar-refractivity contribution in [2.75, 3.05) is 40.5 Å². The molecule has 126 valence electrons. The molecule has 1 unspecified atom stereocenters. The van der Waals surface area contributed by atoms with Gasteiger partial charge in [0, 0.05) is 20.2 Å². The van der Waals surface area contributed by atoms with Crippen molar-refractivity contribution in [3.05, 3.63) is 29.8 Å². The summed E-state index contributed by atoms with van der Waals surface area (Å²) in [6, 6.07) is 8.06. The van der Waals surface area contributed by atoms with E-state index in [1.807, 2.05) is 12.1 Å². The lowest BCUT2D eigenvalue weighted by Crippen LogP contribution is -2.35. The van der Waals surface area contributed by atoms with Crippen LogP contribution < -0.4 is 15.4 Å². The lowest BCUT2D eigenvalue weighted by atomic mass is 9.98. The van der Waals surface area contributed by atoms with Crippen LogP contribution in [0.1, 0.15) is 24.8 Å². The van der Waals surface area contributed by atoms with Crippen molar-refractivity contribution < 1.29 is 14.3 Å². The van der Waals surface area contributed by atoms with Crippen LogP contribution >= 0.6 is 12.4 Å². The monoisotopic (exact) mass is 330 g/mol. The molecule has 0 fully saturated rings. The number of rotatable bonds is 10. The Labute approximate surface area is 139 Å². The Bertz CT molecular complexity index is 412. The third-order valence-electron chi connectivity index (χ3n) is 3.35. The van der Waals surface area contributed by atoms with Gasteiger partial charge >= 0.3 is 0 Å². The van der Waals surface area contributed by atoms with Gasteiger partial charge in [0.15, 0.2) is 0 Å². The Balaban J connectivity index is 0.00000441. The van der Waals surface area contributed by atoms with Gasteiger partial charge < -0.3 is 20.1 Å². The van der Waals surface area contributed by atoms with Gasteiger partial charge in [-0.3, -0.25) is 4.79 Å². The van der Waals surface area contributed by atoms with E-state index in [1.54, 1.807) is 14.2 Å². The normalized spacial score (nSPS) is 11.4. The van der Waals surface area contributed by atoms with Gasteiger partial charge in [-0.15, -0.1) is 12.4 Å². The molecule has 1 atom stereocenters. The summed E-state index contributed by atoms with van der Waals surface area (Å²) in [7, 11) is 3.30. The van der Waals surface area contributed by atoms with E-state index < -0.39 is 0 Å². The minimum absolute atomic E-state index is 0. The molecule has 2 N–H and O–H groups in total. The van der Waals surface area contributed by atoms with Crippen LogP contribution in [0.2, 0.25) is 0 Å². The molecule has 5 nitrogen and oxygen atoms in total. The summed E-state index contributed by atoms with van der Waals surface area (Å²) in [5.41, 5.74) is 1.25. The fourth-order valence-corrected chi connectivity index (χ4v) is 1.97. The zero-order chi connectivity index (χ0) is 15.5. The molecule has 0 saturated heterocycles. The second-order valence-corrected chi connectivity index (χ2v) is 4.98. The first-order chi connectivity index (χ1) is 10.2.